The predicted octanol–water partition coefficient (Wildman–Crippen LogP) is 4.19. The molecular formula is C23H35NO5. The van der Waals surface area contributed by atoms with Gasteiger partial charge in [-0.3, -0.25) is 0 Å². The summed E-state index contributed by atoms with van der Waals surface area (Å²) in [5.41, 5.74) is 0.796. The van der Waals surface area contributed by atoms with Crippen molar-refractivity contribution in [2.24, 2.45) is 0 Å². The van der Waals surface area contributed by atoms with Crippen molar-refractivity contribution in [1.29, 1.82) is 0 Å². The normalized spacial score (nSPS) is 22.8. The van der Waals surface area contributed by atoms with Crippen LogP contribution in [-0.4, -0.2) is 61.2 Å². The van der Waals surface area contributed by atoms with Crippen LogP contribution < -0.4 is 0 Å². The van der Waals surface area contributed by atoms with Gasteiger partial charge in [-0.05, 0) is 40.2 Å². The van der Waals surface area contributed by atoms with Gasteiger partial charge in [-0.1, -0.05) is 42.5 Å². The fourth-order valence-corrected chi connectivity index (χ4v) is 2.94. The highest BCUT2D eigenvalue weighted by atomic mass is 16.6. The van der Waals surface area contributed by atoms with Gasteiger partial charge in [0, 0.05) is 0 Å². The number of nitrogens with zero attached hydrogens (tertiary/aromatic N) is 1. The van der Waals surface area contributed by atoms with Gasteiger partial charge in [-0.2, -0.15) is 0 Å². The molecule has 1 aliphatic heterocycles. The third-order valence-corrected chi connectivity index (χ3v) is 4.31. The average molecular weight is 406 g/mol. The summed E-state index contributed by atoms with van der Waals surface area (Å²) >= 11 is 0. The predicted molar refractivity (Wildman–Crippen MR) is 113 cm³/mol. The minimum absolute atomic E-state index is 0.263. The van der Waals surface area contributed by atoms with Crippen molar-refractivity contribution in [3.63, 3.8) is 0 Å². The van der Waals surface area contributed by atoms with Crippen LogP contribution in [0.1, 0.15) is 40.2 Å². The van der Waals surface area contributed by atoms with Crippen molar-refractivity contribution in [3.8, 4) is 0 Å². The molecule has 162 valence electrons. The Bertz CT molecular complexity index is 670. The van der Waals surface area contributed by atoms with Crippen LogP contribution in [0.15, 0.2) is 42.5 Å². The summed E-state index contributed by atoms with van der Waals surface area (Å²) in [5.74, 6) is 0. The first kappa shape index (κ1) is 23.4. The minimum atomic E-state index is -0.649. The van der Waals surface area contributed by atoms with Crippen LogP contribution >= 0.6 is 0 Å². The first-order valence-electron chi connectivity index (χ1n) is 10.1. The fraction of sp³-hybridized carbons (Fsp3) is 0.609. The maximum atomic E-state index is 12.8. The summed E-state index contributed by atoms with van der Waals surface area (Å²) in [4.78, 5) is 14.4. The Morgan fingerprint density at radius 2 is 2.00 bits per heavy atom. The van der Waals surface area contributed by atoms with E-state index in [0.717, 1.165) is 11.1 Å². The first-order valence-corrected chi connectivity index (χ1v) is 10.1. The third-order valence-electron chi connectivity index (χ3n) is 4.31. The van der Waals surface area contributed by atoms with E-state index in [1.807, 2.05) is 65.0 Å². The molecule has 6 nitrogen and oxygen atoms in total. The van der Waals surface area contributed by atoms with Crippen molar-refractivity contribution in [1.82, 2.24) is 4.90 Å². The molecule has 1 aliphatic rings. The Labute approximate surface area is 174 Å². The number of benzene rings is 1. The zero-order valence-corrected chi connectivity index (χ0v) is 18.4. The highest BCUT2D eigenvalue weighted by Gasteiger charge is 2.38. The highest BCUT2D eigenvalue weighted by molar-refractivity contribution is 5.68. The van der Waals surface area contributed by atoms with Crippen molar-refractivity contribution < 1.29 is 23.7 Å². The number of hydrogen-bond donors (Lipinski definition) is 0. The molecule has 1 amide bonds. The maximum Gasteiger partial charge on any atom is 0.410 e. The second kappa shape index (κ2) is 10.2. The summed E-state index contributed by atoms with van der Waals surface area (Å²) in [5, 5.41) is 0. The molecule has 1 saturated heterocycles. The van der Waals surface area contributed by atoms with Gasteiger partial charge in [0.05, 0.1) is 45.6 Å². The zero-order chi connectivity index (χ0) is 21.5. The maximum absolute atomic E-state index is 12.8. The van der Waals surface area contributed by atoms with Crippen LogP contribution in [0.5, 0.6) is 0 Å². The van der Waals surface area contributed by atoms with E-state index in [2.05, 4.69) is 6.58 Å². The Balaban J connectivity index is 2.03. The van der Waals surface area contributed by atoms with Crippen LogP contribution in [0, 0.1) is 0 Å². The molecule has 1 aromatic carbocycles. The lowest BCUT2D eigenvalue weighted by atomic mass is 10.1. The molecule has 1 aromatic rings. The minimum Gasteiger partial charge on any atom is -0.444 e. The Morgan fingerprint density at radius 1 is 1.31 bits per heavy atom. The lowest BCUT2D eigenvalue weighted by Gasteiger charge is -2.33. The highest BCUT2D eigenvalue weighted by Crippen LogP contribution is 2.22. The second-order valence-corrected chi connectivity index (χ2v) is 8.99. The number of hydrogen-bond acceptors (Lipinski definition) is 5. The summed E-state index contributed by atoms with van der Waals surface area (Å²) < 4.78 is 23.5. The third kappa shape index (κ3) is 8.56. The van der Waals surface area contributed by atoms with Crippen molar-refractivity contribution in [2.45, 2.75) is 58.5 Å². The number of amides is 1. The van der Waals surface area contributed by atoms with E-state index < -0.39 is 11.2 Å². The molecular weight excluding hydrogens is 370 g/mol. The van der Waals surface area contributed by atoms with Crippen molar-refractivity contribution >= 4 is 6.09 Å². The molecule has 29 heavy (non-hydrogen) atoms. The van der Waals surface area contributed by atoms with E-state index in [0.29, 0.717) is 39.5 Å². The van der Waals surface area contributed by atoms with E-state index in [4.69, 9.17) is 18.9 Å². The summed E-state index contributed by atoms with van der Waals surface area (Å²) in [6.45, 7) is 15.7. The van der Waals surface area contributed by atoms with E-state index in [9.17, 15) is 4.79 Å². The zero-order valence-electron chi connectivity index (χ0n) is 18.4. The number of ether oxygens (including phenoxy) is 4. The summed E-state index contributed by atoms with van der Waals surface area (Å²) in [6, 6.07) is 9.97. The molecule has 0 bridgehead atoms. The van der Waals surface area contributed by atoms with Gasteiger partial charge in [0.2, 0.25) is 0 Å². The lowest BCUT2D eigenvalue weighted by molar-refractivity contribution is -0.0945. The monoisotopic (exact) mass is 405 g/mol. The largest absolute Gasteiger partial charge is 0.444 e. The SMILES string of the molecule is C=C(C)CO[C@]1(C)CO[C@H](COCc2ccccc2)CN(C(=O)OC(C)(C)C)C1. The molecule has 0 radical (unpaired) electrons. The molecule has 1 heterocycles. The van der Waals surface area contributed by atoms with Crippen molar-refractivity contribution in [3.05, 3.63) is 48.0 Å². The smallest absolute Gasteiger partial charge is 0.410 e. The van der Waals surface area contributed by atoms with E-state index >= 15 is 0 Å². The molecule has 0 spiro atoms. The van der Waals surface area contributed by atoms with Gasteiger partial charge in [0.1, 0.15) is 11.2 Å². The fourth-order valence-electron chi connectivity index (χ4n) is 2.94. The van der Waals surface area contributed by atoms with E-state index in [1.54, 1.807) is 4.90 Å². The molecule has 0 aromatic heterocycles. The molecule has 2 atom stereocenters. The topological polar surface area (TPSA) is 57.2 Å². The Kier molecular flexibility index (Phi) is 8.25. The Morgan fingerprint density at radius 3 is 2.62 bits per heavy atom. The van der Waals surface area contributed by atoms with Crippen molar-refractivity contribution in [2.75, 3.05) is 32.9 Å². The van der Waals surface area contributed by atoms with Gasteiger partial charge < -0.3 is 23.8 Å². The van der Waals surface area contributed by atoms with Crippen LogP contribution in [0.25, 0.3) is 0 Å². The van der Waals surface area contributed by atoms with Gasteiger partial charge in [0.25, 0.3) is 0 Å². The molecule has 2 rings (SSSR count). The van der Waals surface area contributed by atoms with E-state index in [-0.39, 0.29) is 12.2 Å². The van der Waals surface area contributed by atoms with E-state index in [1.165, 1.54) is 0 Å². The molecule has 0 N–H and O–H groups in total. The van der Waals surface area contributed by atoms with Crippen LogP contribution in [0.2, 0.25) is 0 Å². The standard InChI is InChI=1S/C23H35NO5/c1-18(2)13-28-23(6)16-24(21(25)29-22(3,4)5)12-20(27-17-23)15-26-14-19-10-8-7-9-11-19/h7-11,20H,1,12-17H2,2-6H3/t20-,23-/m0/s1. The molecule has 0 unspecified atom stereocenters. The van der Waals surface area contributed by atoms with Crippen LogP contribution in [0.3, 0.4) is 0 Å². The molecule has 6 heteroatoms. The molecule has 0 saturated carbocycles. The van der Waals surface area contributed by atoms with Gasteiger partial charge >= 0.3 is 6.09 Å². The average Bonchev–Trinajstić information content (AvgIpc) is 2.80. The number of carbonyl (C=O) groups is 1. The summed E-state index contributed by atoms with van der Waals surface area (Å²) in [6.07, 6.45) is -0.636. The van der Waals surface area contributed by atoms with Gasteiger partial charge in [-0.25, -0.2) is 4.79 Å². The lowest BCUT2D eigenvalue weighted by Crippen LogP contribution is -2.48. The molecule has 1 fully saturated rings. The Hall–Kier alpha value is -1.89. The number of carbonyl (C=O) groups excluding carboxylic acids is 1. The quantitative estimate of drug-likeness (QED) is 0.637. The number of rotatable bonds is 7. The van der Waals surface area contributed by atoms with Crippen LogP contribution in [-0.2, 0) is 25.6 Å². The van der Waals surface area contributed by atoms with Gasteiger partial charge in [-0.15, -0.1) is 0 Å². The van der Waals surface area contributed by atoms with Crippen LogP contribution in [0.4, 0.5) is 4.79 Å². The molecule has 0 aliphatic carbocycles. The van der Waals surface area contributed by atoms with Gasteiger partial charge in [0.15, 0.2) is 0 Å². The second-order valence-electron chi connectivity index (χ2n) is 8.99. The first-order chi connectivity index (χ1) is 13.6. The summed E-state index contributed by atoms with van der Waals surface area (Å²) in [7, 11) is 0.